The normalized spacial score (nSPS) is 10.5. The Bertz CT molecular complexity index is 1260. The number of carbonyl (C=O) groups excluding carboxylic acids is 2. The molecule has 2 N–H and O–H groups in total. The van der Waals surface area contributed by atoms with Crippen molar-refractivity contribution < 1.29 is 14.3 Å². The lowest BCUT2D eigenvalue weighted by molar-refractivity contribution is -0.121. The Hall–Kier alpha value is -4.39. The van der Waals surface area contributed by atoms with Crippen molar-refractivity contribution >= 4 is 23.3 Å². The number of aromatic nitrogens is 2. The number of hydrogen-bond acceptors (Lipinski definition) is 4. The number of carbonyl (C=O) groups is 2. The summed E-state index contributed by atoms with van der Waals surface area (Å²) < 4.78 is 6.91. The van der Waals surface area contributed by atoms with Crippen LogP contribution in [0.5, 0.6) is 5.75 Å². The van der Waals surface area contributed by atoms with Gasteiger partial charge in [-0.05, 0) is 43.3 Å². The van der Waals surface area contributed by atoms with Gasteiger partial charge in [-0.2, -0.15) is 5.10 Å². The molecule has 4 rings (SSSR count). The molecule has 0 spiro atoms. The van der Waals surface area contributed by atoms with Gasteiger partial charge in [0, 0.05) is 30.2 Å². The molecule has 0 atom stereocenters. The number of benzene rings is 3. The second-order valence-electron chi connectivity index (χ2n) is 7.85. The molecular weight excluding hydrogens is 428 g/mol. The van der Waals surface area contributed by atoms with Crippen LogP contribution in [0.3, 0.4) is 0 Å². The highest BCUT2D eigenvalue weighted by molar-refractivity contribution is 5.96. The van der Waals surface area contributed by atoms with Gasteiger partial charge in [0.25, 0.3) is 0 Å². The minimum Gasteiger partial charge on any atom is -0.497 e. The summed E-state index contributed by atoms with van der Waals surface area (Å²) in [5.74, 6) is 0.762. The average Bonchev–Trinajstić information content (AvgIpc) is 3.28. The Labute approximate surface area is 198 Å². The summed E-state index contributed by atoms with van der Waals surface area (Å²) in [6.45, 7) is 1.98. The van der Waals surface area contributed by atoms with Crippen LogP contribution in [0.2, 0.25) is 0 Å². The van der Waals surface area contributed by atoms with E-state index in [-0.39, 0.29) is 24.7 Å². The molecule has 0 aliphatic heterocycles. The monoisotopic (exact) mass is 454 g/mol. The molecule has 0 saturated carbocycles. The Morgan fingerprint density at radius 3 is 2.15 bits per heavy atom. The quantitative estimate of drug-likeness (QED) is 0.383. The summed E-state index contributed by atoms with van der Waals surface area (Å²) in [7, 11) is 1.61. The lowest BCUT2D eigenvalue weighted by Crippen LogP contribution is -2.18. The van der Waals surface area contributed by atoms with Crippen molar-refractivity contribution in [2.75, 3.05) is 17.7 Å². The van der Waals surface area contributed by atoms with Gasteiger partial charge in [0.05, 0.1) is 18.5 Å². The third-order valence-electron chi connectivity index (χ3n) is 5.28. The maximum atomic E-state index is 12.7. The van der Waals surface area contributed by atoms with Crippen molar-refractivity contribution in [2.45, 2.75) is 19.8 Å². The highest BCUT2D eigenvalue weighted by atomic mass is 16.5. The van der Waals surface area contributed by atoms with Gasteiger partial charge in [0.1, 0.15) is 11.6 Å². The van der Waals surface area contributed by atoms with E-state index in [1.165, 1.54) is 0 Å². The zero-order valence-electron chi connectivity index (χ0n) is 19.1. The smallest absolute Gasteiger partial charge is 0.226 e. The fourth-order valence-corrected chi connectivity index (χ4v) is 3.43. The Balaban J connectivity index is 1.48. The van der Waals surface area contributed by atoms with Gasteiger partial charge in [0.15, 0.2) is 0 Å². The maximum Gasteiger partial charge on any atom is 0.226 e. The van der Waals surface area contributed by atoms with Crippen molar-refractivity contribution in [3.63, 3.8) is 0 Å². The molecule has 7 nitrogen and oxygen atoms in total. The van der Waals surface area contributed by atoms with E-state index < -0.39 is 0 Å². The number of rotatable bonds is 8. The molecule has 1 aromatic heterocycles. The molecule has 4 aromatic rings. The molecule has 0 fully saturated rings. The number of aryl methyl sites for hydroxylation is 1. The van der Waals surface area contributed by atoms with Crippen LogP contribution in [0.4, 0.5) is 11.5 Å². The molecule has 0 aliphatic rings. The fraction of sp³-hybridized carbons (Fsp3) is 0.148. The second-order valence-corrected chi connectivity index (χ2v) is 7.85. The van der Waals surface area contributed by atoms with Crippen LogP contribution in [0.1, 0.15) is 18.4 Å². The van der Waals surface area contributed by atoms with Gasteiger partial charge in [0.2, 0.25) is 11.8 Å². The first-order valence-electron chi connectivity index (χ1n) is 11.0. The third kappa shape index (κ3) is 5.69. The van der Waals surface area contributed by atoms with Gasteiger partial charge in [-0.15, -0.1) is 0 Å². The van der Waals surface area contributed by atoms with E-state index in [2.05, 4.69) is 10.6 Å². The van der Waals surface area contributed by atoms with Crippen molar-refractivity contribution in [3.05, 3.63) is 90.5 Å². The molecular formula is C27H26N4O3. The lowest BCUT2D eigenvalue weighted by Gasteiger charge is -2.10. The first-order valence-corrected chi connectivity index (χ1v) is 11.0. The maximum absolute atomic E-state index is 12.7. The Morgan fingerprint density at radius 1 is 0.853 bits per heavy atom. The first-order chi connectivity index (χ1) is 16.5. The van der Waals surface area contributed by atoms with Crippen LogP contribution in [-0.4, -0.2) is 28.7 Å². The Kier molecular flexibility index (Phi) is 7.03. The number of methoxy groups -OCH3 is 1. The van der Waals surface area contributed by atoms with E-state index >= 15 is 0 Å². The van der Waals surface area contributed by atoms with Gasteiger partial charge < -0.3 is 15.4 Å². The Morgan fingerprint density at radius 2 is 1.50 bits per heavy atom. The number of ether oxygens (including phenoxy) is 1. The van der Waals surface area contributed by atoms with E-state index in [0.29, 0.717) is 11.5 Å². The molecule has 2 amide bonds. The highest BCUT2D eigenvalue weighted by Crippen LogP contribution is 2.26. The summed E-state index contributed by atoms with van der Waals surface area (Å²) in [4.78, 5) is 25.0. The molecule has 0 unspecified atom stereocenters. The van der Waals surface area contributed by atoms with Crippen LogP contribution in [0, 0.1) is 6.92 Å². The second kappa shape index (κ2) is 10.5. The van der Waals surface area contributed by atoms with E-state index in [0.717, 1.165) is 28.3 Å². The van der Waals surface area contributed by atoms with E-state index in [4.69, 9.17) is 9.84 Å². The lowest BCUT2D eigenvalue weighted by atomic mass is 10.1. The number of nitrogens with zero attached hydrogens (tertiary/aromatic N) is 2. The zero-order chi connectivity index (χ0) is 23.9. The van der Waals surface area contributed by atoms with Gasteiger partial charge in [-0.25, -0.2) is 4.68 Å². The molecule has 0 radical (unpaired) electrons. The molecule has 0 saturated heterocycles. The van der Waals surface area contributed by atoms with Crippen molar-refractivity contribution in [3.8, 4) is 22.7 Å². The van der Waals surface area contributed by atoms with Crippen LogP contribution < -0.4 is 15.4 Å². The number of nitrogens with one attached hydrogen (secondary N) is 2. The summed E-state index contributed by atoms with van der Waals surface area (Å²) in [6, 6.07) is 26.5. The van der Waals surface area contributed by atoms with Crippen LogP contribution in [-0.2, 0) is 9.59 Å². The molecule has 1 heterocycles. The fourth-order valence-electron chi connectivity index (χ4n) is 3.43. The molecule has 7 heteroatoms. The van der Waals surface area contributed by atoms with Crippen molar-refractivity contribution in [1.29, 1.82) is 0 Å². The summed E-state index contributed by atoms with van der Waals surface area (Å²) in [5, 5.41) is 10.4. The zero-order valence-corrected chi connectivity index (χ0v) is 19.1. The van der Waals surface area contributed by atoms with E-state index in [1.807, 2.05) is 91.9 Å². The average molecular weight is 455 g/mol. The predicted octanol–water partition coefficient (Wildman–Crippen LogP) is 5.21. The largest absolute Gasteiger partial charge is 0.497 e. The first kappa shape index (κ1) is 22.8. The van der Waals surface area contributed by atoms with Gasteiger partial charge in [-0.1, -0.05) is 48.0 Å². The summed E-state index contributed by atoms with van der Waals surface area (Å²) in [6.07, 6.45) is 0.119. The number of amides is 2. The molecule has 172 valence electrons. The van der Waals surface area contributed by atoms with Gasteiger partial charge >= 0.3 is 0 Å². The van der Waals surface area contributed by atoms with Crippen molar-refractivity contribution in [2.24, 2.45) is 0 Å². The van der Waals surface area contributed by atoms with Crippen LogP contribution in [0.25, 0.3) is 16.9 Å². The number of hydrogen-bond donors (Lipinski definition) is 2. The van der Waals surface area contributed by atoms with E-state index in [9.17, 15) is 9.59 Å². The molecule has 0 aliphatic carbocycles. The van der Waals surface area contributed by atoms with Crippen LogP contribution in [0.15, 0.2) is 84.9 Å². The van der Waals surface area contributed by atoms with E-state index in [1.54, 1.807) is 11.8 Å². The SMILES string of the molecule is COc1ccc(-n2nc(-c3ccccc3)cc2NC(=O)CCC(=O)Nc2ccc(C)cc2)cc1. The summed E-state index contributed by atoms with van der Waals surface area (Å²) in [5.41, 5.74) is 4.25. The third-order valence-corrected chi connectivity index (χ3v) is 5.28. The molecule has 34 heavy (non-hydrogen) atoms. The number of anilines is 2. The molecule has 3 aromatic carbocycles. The minimum absolute atomic E-state index is 0.0478. The predicted molar refractivity (Wildman–Crippen MR) is 133 cm³/mol. The van der Waals surface area contributed by atoms with Crippen LogP contribution >= 0.6 is 0 Å². The van der Waals surface area contributed by atoms with Gasteiger partial charge in [-0.3, -0.25) is 9.59 Å². The topological polar surface area (TPSA) is 85.2 Å². The standard InChI is InChI=1S/C27H26N4O3/c1-19-8-10-21(11-9-19)28-26(32)16-17-27(33)29-25-18-24(20-6-4-3-5-7-20)30-31(25)22-12-14-23(34-2)15-13-22/h3-15,18H,16-17H2,1-2H3,(H,28,32)(H,29,33). The minimum atomic E-state index is -0.270. The van der Waals surface area contributed by atoms with Crippen molar-refractivity contribution in [1.82, 2.24) is 9.78 Å². The highest BCUT2D eigenvalue weighted by Gasteiger charge is 2.15. The summed E-state index contributed by atoms with van der Waals surface area (Å²) >= 11 is 0. The molecule has 0 bridgehead atoms.